The first-order chi connectivity index (χ1) is 67.7. The Morgan fingerprint density at radius 1 is 0.212 bits per heavy atom. The molecule has 0 N–H and O–H groups in total. The number of hydrogen-bond acceptors (Lipinski definition) is 4. The van der Waals surface area contributed by atoms with E-state index in [-0.39, 0.29) is 5.82 Å². The lowest BCUT2D eigenvalue weighted by molar-refractivity contribution is 0.628. The number of fused-ring (bicyclic) bond motifs is 14. The van der Waals surface area contributed by atoms with Crippen molar-refractivity contribution in [2.24, 2.45) is 0 Å². The highest BCUT2D eigenvalue weighted by molar-refractivity contribution is 6.15. The molecule has 0 spiro atoms. The van der Waals surface area contributed by atoms with Crippen molar-refractivity contribution in [3.8, 4) is 100 Å². The molecule has 0 fully saturated rings. The van der Waals surface area contributed by atoms with Crippen LogP contribution in [-0.2, 0) is 0 Å². The molecule has 0 aliphatic carbocycles. The molecule has 7 nitrogen and oxygen atoms in total. The van der Waals surface area contributed by atoms with E-state index >= 15 is 0 Å². The van der Waals surface area contributed by atoms with Crippen LogP contribution in [0.2, 0.25) is 0 Å². The summed E-state index contributed by atoms with van der Waals surface area (Å²) in [5.74, 6) is -0.241. The molecule has 0 saturated carbocycles. The summed E-state index contributed by atoms with van der Waals surface area (Å²) in [7, 11) is 0. The quantitative estimate of drug-likeness (QED) is 0.0905. The Balaban J connectivity index is 0.000000146. The molecule has 0 aliphatic heterocycles. The van der Waals surface area contributed by atoms with E-state index in [1.54, 1.807) is 0 Å². The molecule has 0 bridgehead atoms. The van der Waals surface area contributed by atoms with Crippen LogP contribution in [0.15, 0.2) is 506 Å². The summed E-state index contributed by atoms with van der Waals surface area (Å²) in [5, 5.41) is 13.9. The largest absolute Gasteiger partial charge is 0.456 e. The van der Waals surface area contributed by atoms with Crippen molar-refractivity contribution < 1.29 is 13.2 Å². The van der Waals surface area contributed by atoms with Crippen LogP contribution in [0.1, 0.15) is 0 Å². The molecule has 0 saturated heterocycles. The van der Waals surface area contributed by atoms with Crippen molar-refractivity contribution >= 4 is 149 Å². The van der Waals surface area contributed by atoms with Gasteiger partial charge in [-0.3, -0.25) is 0 Å². The van der Waals surface area contributed by atoms with Gasteiger partial charge in [-0.15, -0.1) is 0 Å². The van der Waals surface area contributed by atoms with Gasteiger partial charge in [0.05, 0.1) is 34.3 Å². The summed E-state index contributed by atoms with van der Waals surface area (Å²) in [5.41, 5.74) is 34.7. The Morgan fingerprint density at radius 3 is 1.21 bits per heavy atom. The molecule has 0 aliphatic rings. The average Bonchev–Trinajstić information content (AvgIpc) is 1.54. The van der Waals surface area contributed by atoms with Gasteiger partial charge in [0.1, 0.15) is 28.1 Å². The summed E-state index contributed by atoms with van der Waals surface area (Å²) in [4.78, 5) is 8.31. The maximum Gasteiger partial charge on any atom is 0.187 e. The minimum Gasteiger partial charge on any atom is -0.456 e. The summed E-state index contributed by atoms with van der Waals surface area (Å²) in [6.07, 6.45) is 0. The zero-order chi connectivity index (χ0) is 91.0. The predicted molar refractivity (Wildman–Crippen MR) is 570 cm³/mol. The van der Waals surface area contributed by atoms with E-state index in [4.69, 9.17) is 15.4 Å². The minimum absolute atomic E-state index is 0.241. The van der Waals surface area contributed by atoms with Gasteiger partial charge in [0.2, 0.25) is 0 Å². The lowest BCUT2D eigenvalue weighted by atomic mass is 9.90. The van der Waals surface area contributed by atoms with Gasteiger partial charge in [0.25, 0.3) is 0 Å². The van der Waals surface area contributed by atoms with E-state index in [9.17, 15) is 4.39 Å². The smallest absolute Gasteiger partial charge is 0.187 e. The molecule has 4 heterocycles. The van der Waals surface area contributed by atoms with E-state index in [0.717, 1.165) is 200 Å². The average molecular weight is 1750 g/mol. The van der Waals surface area contributed by atoms with Crippen molar-refractivity contribution in [3.63, 3.8) is 0 Å². The Labute approximate surface area is 790 Å². The van der Waals surface area contributed by atoms with Crippen LogP contribution < -0.4 is 9.80 Å². The molecule has 137 heavy (non-hydrogen) atoms. The molecule has 0 unspecified atom stereocenters. The van der Waals surface area contributed by atoms with Crippen LogP contribution in [0, 0.1) is 12.4 Å². The summed E-state index contributed by atoms with van der Waals surface area (Å²) >= 11 is 0. The maximum absolute atomic E-state index is 13.9. The number of nitrogens with zero attached hydrogens (tertiary/aromatic N) is 5. The molecule has 22 aromatic carbocycles. The number of furan rings is 2. The second kappa shape index (κ2) is 34.1. The number of anilines is 6. The number of halogens is 1. The van der Waals surface area contributed by atoms with E-state index < -0.39 is 0 Å². The molecule has 0 atom stereocenters. The topological polar surface area (TPSA) is 47.0 Å². The van der Waals surface area contributed by atoms with E-state index in [2.05, 4.69) is 454 Å². The van der Waals surface area contributed by atoms with Gasteiger partial charge in [0.15, 0.2) is 5.69 Å². The molecular weight excluding hydrogens is 1670 g/mol. The van der Waals surface area contributed by atoms with Crippen LogP contribution in [0.5, 0.6) is 0 Å². The summed E-state index contributed by atoms with van der Waals surface area (Å²) in [6, 6.07) is 176. The molecule has 0 amide bonds. The van der Waals surface area contributed by atoms with Crippen molar-refractivity contribution in [3.05, 3.63) is 515 Å². The van der Waals surface area contributed by atoms with E-state index in [1.807, 2.05) is 54.6 Å². The fraction of sp³-hybridized carbons (Fsp3) is 0. The van der Waals surface area contributed by atoms with Crippen molar-refractivity contribution in [2.75, 3.05) is 9.80 Å². The maximum atomic E-state index is 13.9. The van der Waals surface area contributed by atoms with Gasteiger partial charge in [-0.25, -0.2) is 9.24 Å². The zero-order valence-electron chi connectivity index (χ0n) is 74.3. The molecule has 4 aromatic heterocycles. The first kappa shape index (κ1) is 80.6. The normalized spacial score (nSPS) is 11.5. The number of aromatic nitrogens is 2. The summed E-state index contributed by atoms with van der Waals surface area (Å²) < 4.78 is 31.8. The van der Waals surface area contributed by atoms with Crippen molar-refractivity contribution in [2.45, 2.75) is 0 Å². The number of benzene rings is 22. The Bertz CT molecular complexity index is 9210. The van der Waals surface area contributed by atoms with Gasteiger partial charge >= 0.3 is 0 Å². The monoisotopic (exact) mass is 1750 g/mol. The molecule has 8 heteroatoms. The van der Waals surface area contributed by atoms with Crippen LogP contribution >= 0.6 is 0 Å². The highest BCUT2D eigenvalue weighted by atomic mass is 19.1. The molecule has 26 rings (SSSR count). The van der Waals surface area contributed by atoms with Gasteiger partial charge in [-0.05, 0) is 276 Å². The highest BCUT2D eigenvalue weighted by Gasteiger charge is 2.25. The zero-order valence-corrected chi connectivity index (χ0v) is 74.3. The standard InChI is InChI=1S/C68H43FN2O.C61H39N3O/c69-52-31-25-45(26-32-52)46-27-33-54(34-28-46)71-64-23-10-8-19-60(64)61-36-30-48(43-66(61)71)49-39-50(41-51(40-49)57-21-12-22-63-62-20-9-11-24-67(62)72-68(57)63)56-37-38-65(59-18-7-6-17-58(56)59)70(53-15-2-1-3-16-53)55-35-29-44-13-4-5-14-47(44)42-55;1-62-49-28-20-42(21-29-49)44-24-32-52(33-25-44)64-58-18-10-8-16-54(58)55-34-26-45(39-59(55)64)47-36-48(46-27-35-57-56-17-9-11-19-60(56)65-61(57)40-46)38-53(37-47)63(50-14-6-3-7-15-50)51-30-22-43(23-31-51)41-12-4-2-5-13-41/h1-43H;2-40H. The SMILES string of the molecule is Fc1ccc(-c2ccc(-n3c4ccccc4c4ccc(-c5cc(-c6ccc(N(c7ccccc7)c7ccc8ccccc8c7)c7ccccc67)cc(-c6cccc7c6oc6ccccc67)c5)cc43)cc2)cc1.[C-]#[N+]c1ccc(-c2ccc(-n3c4ccccc4c4ccc(-c5cc(-c6ccc7c(c6)oc6ccccc67)cc(N(c6ccccc6)c6ccc(-c7ccccc7)cc6)c5)cc43)cc2)cc1. The Morgan fingerprint density at radius 2 is 0.613 bits per heavy atom. The second-order valence-electron chi connectivity index (χ2n) is 35.0. The van der Waals surface area contributed by atoms with Crippen molar-refractivity contribution in [1.29, 1.82) is 0 Å². The lowest BCUT2D eigenvalue weighted by Crippen LogP contribution is -2.10. The third-order valence-corrected chi connectivity index (χ3v) is 27.0. The van der Waals surface area contributed by atoms with Crippen LogP contribution in [0.3, 0.4) is 0 Å². The Hall–Kier alpha value is -18.4. The number of para-hydroxylation sites is 7. The number of rotatable bonds is 16. The fourth-order valence-electron chi connectivity index (χ4n) is 20.4. The van der Waals surface area contributed by atoms with Crippen LogP contribution in [0.4, 0.5) is 44.2 Å². The van der Waals surface area contributed by atoms with Crippen LogP contribution in [0.25, 0.3) is 214 Å². The summed E-state index contributed by atoms with van der Waals surface area (Å²) in [6.45, 7) is 7.37. The predicted octanol–water partition coefficient (Wildman–Crippen LogP) is 36.6. The number of hydrogen-bond donors (Lipinski definition) is 0. The second-order valence-corrected chi connectivity index (χ2v) is 35.0. The van der Waals surface area contributed by atoms with E-state index in [1.165, 1.54) is 55.6 Å². The van der Waals surface area contributed by atoms with Gasteiger partial charge in [-0.2, -0.15) is 0 Å². The molecule has 26 aromatic rings. The molecule has 642 valence electrons. The highest BCUT2D eigenvalue weighted by Crippen LogP contribution is 2.49. The lowest BCUT2D eigenvalue weighted by Gasteiger charge is -2.28. The van der Waals surface area contributed by atoms with Crippen LogP contribution in [-0.4, -0.2) is 9.13 Å². The first-order valence-corrected chi connectivity index (χ1v) is 46.3. The van der Waals surface area contributed by atoms with Gasteiger partial charge in [0, 0.05) is 93.9 Å². The fourth-order valence-corrected chi connectivity index (χ4v) is 20.4. The molecule has 0 radical (unpaired) electrons. The third kappa shape index (κ3) is 14.7. The first-order valence-electron chi connectivity index (χ1n) is 46.3. The van der Waals surface area contributed by atoms with Gasteiger partial charge < -0.3 is 27.8 Å². The third-order valence-electron chi connectivity index (χ3n) is 27.0. The minimum atomic E-state index is -0.241. The van der Waals surface area contributed by atoms with Gasteiger partial charge in [-0.1, -0.05) is 322 Å². The van der Waals surface area contributed by atoms with Crippen molar-refractivity contribution in [1.82, 2.24) is 9.13 Å². The van der Waals surface area contributed by atoms with E-state index in [0.29, 0.717) is 5.69 Å². The molecular formula is C129H82FN5O2. The Kier molecular flexibility index (Phi) is 20.1.